The molecule has 1 fully saturated rings. The van der Waals surface area contributed by atoms with E-state index in [2.05, 4.69) is 18.7 Å². The Morgan fingerprint density at radius 1 is 1.45 bits per heavy atom. The average Bonchev–Trinajstić information content (AvgIpc) is 3.20. The molecular weight excluding hydrogens is 252 g/mol. The van der Waals surface area contributed by atoms with Gasteiger partial charge in [-0.1, -0.05) is 6.07 Å². The molecule has 0 heterocycles. The van der Waals surface area contributed by atoms with E-state index >= 15 is 0 Å². The molecule has 0 spiro atoms. The number of carbonyl (C=O) groups is 1. The Morgan fingerprint density at radius 3 is 2.70 bits per heavy atom. The third-order valence-electron chi connectivity index (χ3n) is 3.66. The minimum atomic E-state index is -0.345. The maximum absolute atomic E-state index is 11.9. The van der Waals surface area contributed by atoms with Crippen molar-refractivity contribution in [3.05, 3.63) is 23.8 Å². The van der Waals surface area contributed by atoms with Gasteiger partial charge in [-0.15, -0.1) is 0 Å². The fourth-order valence-electron chi connectivity index (χ4n) is 2.36. The van der Waals surface area contributed by atoms with Crippen LogP contribution >= 0.6 is 0 Å². The van der Waals surface area contributed by atoms with E-state index in [1.165, 1.54) is 12.8 Å². The van der Waals surface area contributed by atoms with Crippen LogP contribution in [0.25, 0.3) is 0 Å². The highest BCUT2D eigenvalue weighted by Gasteiger charge is 2.27. The summed E-state index contributed by atoms with van der Waals surface area (Å²) in [6.07, 6.45) is 2.58. The van der Waals surface area contributed by atoms with Gasteiger partial charge in [0.25, 0.3) is 0 Å². The molecule has 1 aromatic rings. The third-order valence-corrected chi connectivity index (χ3v) is 3.66. The quantitative estimate of drug-likeness (QED) is 0.641. The SMILES string of the molecule is CCOC(=O)c1cccc(N(CC2CC2)C(C)C)c1N. The van der Waals surface area contributed by atoms with Crippen LogP contribution in [0.4, 0.5) is 11.4 Å². The van der Waals surface area contributed by atoms with Crippen LogP contribution in [0.15, 0.2) is 18.2 Å². The number of benzene rings is 1. The number of para-hydroxylation sites is 1. The summed E-state index contributed by atoms with van der Waals surface area (Å²) < 4.78 is 5.06. The highest BCUT2D eigenvalue weighted by atomic mass is 16.5. The van der Waals surface area contributed by atoms with Gasteiger partial charge in [0.2, 0.25) is 0 Å². The van der Waals surface area contributed by atoms with E-state index in [0.29, 0.717) is 23.9 Å². The van der Waals surface area contributed by atoms with Crippen LogP contribution in [0.1, 0.15) is 44.0 Å². The Labute approximate surface area is 120 Å². The molecule has 1 aliphatic carbocycles. The highest BCUT2D eigenvalue weighted by molar-refractivity contribution is 5.98. The lowest BCUT2D eigenvalue weighted by Gasteiger charge is -2.30. The van der Waals surface area contributed by atoms with Gasteiger partial charge < -0.3 is 15.4 Å². The predicted molar refractivity (Wildman–Crippen MR) is 82.0 cm³/mol. The molecule has 0 aliphatic heterocycles. The molecule has 1 aliphatic rings. The Balaban J connectivity index is 2.29. The molecule has 20 heavy (non-hydrogen) atoms. The average molecular weight is 276 g/mol. The van der Waals surface area contributed by atoms with E-state index < -0.39 is 0 Å². The van der Waals surface area contributed by atoms with Crippen molar-refractivity contribution >= 4 is 17.3 Å². The number of anilines is 2. The van der Waals surface area contributed by atoms with Crippen LogP contribution in [-0.4, -0.2) is 25.2 Å². The van der Waals surface area contributed by atoms with Crippen molar-refractivity contribution in [3.63, 3.8) is 0 Å². The zero-order valence-electron chi connectivity index (χ0n) is 12.6. The second kappa shape index (κ2) is 6.16. The maximum Gasteiger partial charge on any atom is 0.340 e. The number of nitrogen functional groups attached to an aromatic ring is 1. The zero-order chi connectivity index (χ0) is 14.7. The summed E-state index contributed by atoms with van der Waals surface area (Å²) >= 11 is 0. The molecule has 0 aromatic heterocycles. The first-order chi connectivity index (χ1) is 9.54. The van der Waals surface area contributed by atoms with E-state index in [1.807, 2.05) is 12.1 Å². The molecule has 2 N–H and O–H groups in total. The first-order valence-electron chi connectivity index (χ1n) is 7.36. The Hall–Kier alpha value is -1.71. The van der Waals surface area contributed by atoms with Gasteiger partial charge >= 0.3 is 5.97 Å². The zero-order valence-corrected chi connectivity index (χ0v) is 12.6. The topological polar surface area (TPSA) is 55.6 Å². The van der Waals surface area contributed by atoms with E-state index in [9.17, 15) is 4.79 Å². The number of rotatable bonds is 6. The number of hydrogen-bond acceptors (Lipinski definition) is 4. The molecule has 4 nitrogen and oxygen atoms in total. The van der Waals surface area contributed by atoms with Crippen molar-refractivity contribution < 1.29 is 9.53 Å². The van der Waals surface area contributed by atoms with Crippen molar-refractivity contribution in [3.8, 4) is 0 Å². The van der Waals surface area contributed by atoms with Gasteiger partial charge in [-0.05, 0) is 51.7 Å². The van der Waals surface area contributed by atoms with Gasteiger partial charge in [0.1, 0.15) is 0 Å². The van der Waals surface area contributed by atoms with Crippen LogP contribution in [0.3, 0.4) is 0 Å². The van der Waals surface area contributed by atoms with E-state index in [-0.39, 0.29) is 5.97 Å². The Morgan fingerprint density at radius 2 is 2.15 bits per heavy atom. The number of carbonyl (C=O) groups excluding carboxylic acids is 1. The summed E-state index contributed by atoms with van der Waals surface area (Å²) in [5, 5.41) is 0. The van der Waals surface area contributed by atoms with Crippen molar-refractivity contribution in [1.82, 2.24) is 0 Å². The summed E-state index contributed by atoms with van der Waals surface area (Å²) in [6.45, 7) is 7.47. The van der Waals surface area contributed by atoms with Gasteiger partial charge in [-0.25, -0.2) is 4.79 Å². The van der Waals surface area contributed by atoms with Crippen LogP contribution in [0, 0.1) is 5.92 Å². The minimum absolute atomic E-state index is 0.345. The molecular formula is C16H24N2O2. The number of hydrogen-bond donors (Lipinski definition) is 1. The fraction of sp³-hybridized carbons (Fsp3) is 0.562. The van der Waals surface area contributed by atoms with Crippen LogP contribution in [0.5, 0.6) is 0 Å². The predicted octanol–water partition coefficient (Wildman–Crippen LogP) is 3.07. The Bertz CT molecular complexity index is 481. The second-order valence-electron chi connectivity index (χ2n) is 5.65. The first kappa shape index (κ1) is 14.7. The molecule has 110 valence electrons. The minimum Gasteiger partial charge on any atom is -0.462 e. The number of ether oxygens (including phenoxy) is 1. The molecule has 0 atom stereocenters. The lowest BCUT2D eigenvalue weighted by Crippen LogP contribution is -2.33. The molecule has 2 rings (SSSR count). The normalized spacial score (nSPS) is 14.4. The fourth-order valence-corrected chi connectivity index (χ4v) is 2.36. The van der Waals surface area contributed by atoms with Crippen LogP contribution in [-0.2, 0) is 4.74 Å². The largest absolute Gasteiger partial charge is 0.462 e. The number of nitrogens with two attached hydrogens (primary N) is 1. The number of nitrogens with zero attached hydrogens (tertiary/aromatic N) is 1. The van der Waals surface area contributed by atoms with E-state index in [0.717, 1.165) is 18.2 Å². The van der Waals surface area contributed by atoms with E-state index in [4.69, 9.17) is 10.5 Å². The van der Waals surface area contributed by atoms with Gasteiger partial charge in [-0.2, -0.15) is 0 Å². The van der Waals surface area contributed by atoms with Crippen LogP contribution in [0.2, 0.25) is 0 Å². The summed E-state index contributed by atoms with van der Waals surface area (Å²) in [4.78, 5) is 14.2. The summed E-state index contributed by atoms with van der Waals surface area (Å²) in [5.41, 5.74) is 8.14. The first-order valence-corrected chi connectivity index (χ1v) is 7.36. The molecule has 0 radical (unpaired) electrons. The van der Waals surface area contributed by atoms with Crippen LogP contribution < -0.4 is 10.6 Å². The highest BCUT2D eigenvalue weighted by Crippen LogP contribution is 2.35. The lowest BCUT2D eigenvalue weighted by molar-refractivity contribution is 0.0527. The molecule has 0 bridgehead atoms. The van der Waals surface area contributed by atoms with Crippen molar-refractivity contribution in [2.75, 3.05) is 23.8 Å². The number of esters is 1. The summed E-state index contributed by atoms with van der Waals surface area (Å²) in [5.74, 6) is 0.421. The van der Waals surface area contributed by atoms with Gasteiger partial charge in [-0.3, -0.25) is 0 Å². The van der Waals surface area contributed by atoms with Crippen molar-refractivity contribution in [2.24, 2.45) is 5.92 Å². The van der Waals surface area contributed by atoms with Gasteiger partial charge in [0.05, 0.1) is 23.5 Å². The summed E-state index contributed by atoms with van der Waals surface area (Å²) in [6, 6.07) is 5.95. The molecule has 1 saturated carbocycles. The second-order valence-corrected chi connectivity index (χ2v) is 5.65. The smallest absolute Gasteiger partial charge is 0.340 e. The standard InChI is InChI=1S/C16H24N2O2/c1-4-20-16(19)13-6-5-7-14(15(13)17)18(11(2)3)10-12-8-9-12/h5-7,11-12H,4,8-10,17H2,1-3H3. The van der Waals surface area contributed by atoms with Crippen molar-refractivity contribution in [2.45, 2.75) is 39.7 Å². The molecule has 0 saturated heterocycles. The lowest BCUT2D eigenvalue weighted by atomic mass is 10.1. The van der Waals surface area contributed by atoms with Gasteiger partial charge in [0, 0.05) is 12.6 Å². The van der Waals surface area contributed by atoms with Gasteiger partial charge in [0.15, 0.2) is 0 Å². The Kier molecular flexibility index (Phi) is 4.53. The van der Waals surface area contributed by atoms with Crippen molar-refractivity contribution in [1.29, 1.82) is 0 Å². The third kappa shape index (κ3) is 3.24. The molecule has 0 unspecified atom stereocenters. The molecule has 4 heteroatoms. The summed E-state index contributed by atoms with van der Waals surface area (Å²) in [7, 11) is 0. The monoisotopic (exact) mass is 276 g/mol. The molecule has 1 aromatic carbocycles. The maximum atomic E-state index is 11.9. The molecule has 0 amide bonds. The van der Waals surface area contributed by atoms with E-state index in [1.54, 1.807) is 13.0 Å².